The standard InChI is InChI=1S/C31H44O7S/c1-29(2,23-39(34,35)18-17-32)15-10-16-31(5,28(33)36-21-24-11-7-6-8-12-24)26-14-9-13-25(19-26)20-27-22-37-30(3,4)38-27/h6-9,11-14,19,27,32H,10,15-18,20-23H2,1-5H3/t27-,31-/m1/s1. The van der Waals surface area contributed by atoms with Gasteiger partial charge in [0.05, 0.1) is 36.2 Å². The highest BCUT2D eigenvalue weighted by Gasteiger charge is 2.38. The van der Waals surface area contributed by atoms with Gasteiger partial charge in [-0.25, -0.2) is 8.42 Å². The summed E-state index contributed by atoms with van der Waals surface area (Å²) in [5.41, 5.74) is 1.42. The van der Waals surface area contributed by atoms with Gasteiger partial charge in [-0.3, -0.25) is 4.79 Å². The SMILES string of the molecule is CC(C)(CCC[C@@](C)(C(=O)OCc1ccccc1)c1cccc(C[C@@H]2COC(C)(C)O2)c1)CS(=O)(=O)CCO. The molecule has 1 aliphatic heterocycles. The molecular formula is C31H44O7S. The zero-order chi connectivity index (χ0) is 28.7. The quantitative estimate of drug-likeness (QED) is 0.325. The molecule has 0 unspecified atom stereocenters. The van der Waals surface area contributed by atoms with Crippen LogP contribution in [0.15, 0.2) is 54.6 Å². The minimum atomic E-state index is -3.35. The summed E-state index contributed by atoms with van der Waals surface area (Å²) in [6.45, 7) is 9.87. The van der Waals surface area contributed by atoms with E-state index in [4.69, 9.17) is 19.3 Å². The van der Waals surface area contributed by atoms with E-state index in [2.05, 4.69) is 6.07 Å². The number of aliphatic hydroxyl groups is 1. The number of carbonyl (C=O) groups is 1. The predicted octanol–water partition coefficient (Wildman–Crippen LogP) is 4.99. The first-order valence-corrected chi connectivity index (χ1v) is 15.5. The molecule has 7 nitrogen and oxygen atoms in total. The molecule has 0 radical (unpaired) electrons. The maximum absolute atomic E-state index is 13.7. The lowest BCUT2D eigenvalue weighted by Gasteiger charge is -2.31. The van der Waals surface area contributed by atoms with Crippen LogP contribution in [0, 0.1) is 5.41 Å². The van der Waals surface area contributed by atoms with E-state index in [1.165, 1.54) is 0 Å². The van der Waals surface area contributed by atoms with Crippen molar-refractivity contribution >= 4 is 15.8 Å². The Morgan fingerprint density at radius 1 is 1.05 bits per heavy atom. The van der Waals surface area contributed by atoms with Crippen LogP contribution in [0.5, 0.6) is 0 Å². The smallest absolute Gasteiger partial charge is 0.316 e. The third-order valence-corrected chi connectivity index (χ3v) is 9.33. The second-order valence-electron chi connectivity index (χ2n) is 12.1. The summed E-state index contributed by atoms with van der Waals surface area (Å²) in [5.74, 6) is -1.16. The molecule has 3 rings (SSSR count). The van der Waals surface area contributed by atoms with Crippen molar-refractivity contribution in [1.29, 1.82) is 0 Å². The molecule has 1 fully saturated rings. The van der Waals surface area contributed by atoms with Crippen molar-refractivity contribution in [3.05, 3.63) is 71.3 Å². The first kappa shape index (κ1) is 31.3. The van der Waals surface area contributed by atoms with Crippen LogP contribution in [0.3, 0.4) is 0 Å². The number of aliphatic hydroxyl groups excluding tert-OH is 1. The average Bonchev–Trinajstić information content (AvgIpc) is 3.20. The lowest BCUT2D eigenvalue weighted by molar-refractivity contribution is -0.151. The van der Waals surface area contributed by atoms with Gasteiger partial charge in [0, 0.05) is 6.42 Å². The number of rotatable bonds is 14. The number of carbonyl (C=O) groups excluding carboxylic acids is 1. The summed E-state index contributed by atoms with van der Waals surface area (Å²) in [7, 11) is -3.35. The highest BCUT2D eigenvalue weighted by Crippen LogP contribution is 2.36. The zero-order valence-electron chi connectivity index (χ0n) is 23.9. The van der Waals surface area contributed by atoms with Crippen LogP contribution in [-0.2, 0) is 47.3 Å². The molecule has 0 spiro atoms. The lowest BCUT2D eigenvalue weighted by Crippen LogP contribution is -2.35. The van der Waals surface area contributed by atoms with Crippen LogP contribution < -0.4 is 0 Å². The Morgan fingerprint density at radius 3 is 2.38 bits per heavy atom. The van der Waals surface area contributed by atoms with E-state index in [9.17, 15) is 13.2 Å². The van der Waals surface area contributed by atoms with Gasteiger partial charge in [-0.15, -0.1) is 0 Å². The second kappa shape index (κ2) is 12.9. The molecule has 1 heterocycles. The van der Waals surface area contributed by atoms with Gasteiger partial charge in [0.25, 0.3) is 0 Å². The highest BCUT2D eigenvalue weighted by atomic mass is 32.2. The van der Waals surface area contributed by atoms with Gasteiger partial charge in [0.15, 0.2) is 15.6 Å². The molecule has 1 N–H and O–H groups in total. The highest BCUT2D eigenvalue weighted by molar-refractivity contribution is 7.91. The first-order valence-electron chi connectivity index (χ1n) is 13.7. The van der Waals surface area contributed by atoms with Crippen LogP contribution in [0.25, 0.3) is 0 Å². The molecule has 0 bridgehead atoms. The molecule has 8 heteroatoms. The Balaban J connectivity index is 1.78. The van der Waals surface area contributed by atoms with Gasteiger partial charge in [-0.1, -0.05) is 74.9 Å². The lowest BCUT2D eigenvalue weighted by atomic mass is 9.75. The van der Waals surface area contributed by atoms with Gasteiger partial charge in [-0.05, 0) is 55.7 Å². The minimum Gasteiger partial charge on any atom is -0.460 e. The second-order valence-corrected chi connectivity index (χ2v) is 14.3. The van der Waals surface area contributed by atoms with Crippen LogP contribution in [-0.4, -0.2) is 56.1 Å². The Bertz CT molecular complexity index is 1190. The van der Waals surface area contributed by atoms with Crippen LogP contribution >= 0.6 is 0 Å². The monoisotopic (exact) mass is 560 g/mol. The average molecular weight is 561 g/mol. The van der Waals surface area contributed by atoms with Gasteiger partial charge in [-0.2, -0.15) is 0 Å². The van der Waals surface area contributed by atoms with Crippen molar-refractivity contribution in [1.82, 2.24) is 0 Å². The summed E-state index contributed by atoms with van der Waals surface area (Å²) >= 11 is 0. The molecule has 216 valence electrons. The van der Waals surface area contributed by atoms with Crippen LogP contribution in [0.4, 0.5) is 0 Å². The Labute approximate surface area is 233 Å². The normalized spacial score (nSPS) is 19.0. The van der Waals surface area contributed by atoms with E-state index >= 15 is 0 Å². The minimum absolute atomic E-state index is 0.00891. The third kappa shape index (κ3) is 9.41. The Morgan fingerprint density at radius 2 is 1.74 bits per heavy atom. The van der Waals surface area contributed by atoms with E-state index in [-0.39, 0.29) is 36.8 Å². The van der Waals surface area contributed by atoms with E-state index in [1.807, 2.05) is 83.1 Å². The molecule has 1 saturated heterocycles. The van der Waals surface area contributed by atoms with Gasteiger partial charge in [0.1, 0.15) is 6.61 Å². The summed E-state index contributed by atoms with van der Waals surface area (Å²) in [6, 6.07) is 17.6. The van der Waals surface area contributed by atoms with E-state index in [1.54, 1.807) is 0 Å². The molecule has 2 aromatic rings. The predicted molar refractivity (Wildman–Crippen MR) is 152 cm³/mol. The Hall–Kier alpha value is -2.26. The zero-order valence-corrected chi connectivity index (χ0v) is 24.8. The molecule has 39 heavy (non-hydrogen) atoms. The topological polar surface area (TPSA) is 99.1 Å². The van der Waals surface area contributed by atoms with Gasteiger partial charge >= 0.3 is 5.97 Å². The molecule has 2 atom stereocenters. The maximum Gasteiger partial charge on any atom is 0.316 e. The molecule has 0 aromatic heterocycles. The van der Waals surface area contributed by atoms with Crippen LogP contribution in [0.1, 0.15) is 70.6 Å². The van der Waals surface area contributed by atoms with E-state index < -0.39 is 26.5 Å². The Kier molecular flexibility index (Phi) is 10.4. The van der Waals surface area contributed by atoms with Crippen molar-refractivity contribution in [3.8, 4) is 0 Å². The number of sulfone groups is 1. The number of hydrogen-bond acceptors (Lipinski definition) is 7. The number of benzene rings is 2. The van der Waals surface area contributed by atoms with E-state index in [0.717, 1.165) is 16.7 Å². The largest absolute Gasteiger partial charge is 0.460 e. The molecule has 0 aliphatic carbocycles. The molecule has 1 aliphatic rings. The van der Waals surface area contributed by atoms with Crippen molar-refractivity contribution in [2.24, 2.45) is 5.41 Å². The third-order valence-electron chi connectivity index (χ3n) is 7.30. The van der Waals surface area contributed by atoms with Gasteiger partial charge < -0.3 is 19.3 Å². The summed E-state index contributed by atoms with van der Waals surface area (Å²) in [5, 5.41) is 9.09. The summed E-state index contributed by atoms with van der Waals surface area (Å²) in [4.78, 5) is 13.7. The van der Waals surface area contributed by atoms with Crippen molar-refractivity contribution < 1.29 is 32.5 Å². The molecular weight excluding hydrogens is 516 g/mol. The van der Waals surface area contributed by atoms with Gasteiger partial charge in [0.2, 0.25) is 0 Å². The van der Waals surface area contributed by atoms with Crippen LogP contribution in [0.2, 0.25) is 0 Å². The molecule has 0 saturated carbocycles. The maximum atomic E-state index is 13.7. The summed E-state index contributed by atoms with van der Waals surface area (Å²) in [6.07, 6.45) is 2.36. The van der Waals surface area contributed by atoms with Crippen molar-refractivity contribution in [3.63, 3.8) is 0 Å². The summed E-state index contributed by atoms with van der Waals surface area (Å²) < 4.78 is 42.2. The number of esters is 1. The molecule has 0 amide bonds. The number of hydrogen-bond donors (Lipinski definition) is 1. The fraction of sp³-hybridized carbons (Fsp3) is 0.581. The molecule has 2 aromatic carbocycles. The fourth-order valence-corrected chi connectivity index (χ4v) is 6.97. The van der Waals surface area contributed by atoms with Crippen molar-refractivity contribution in [2.45, 2.75) is 84.2 Å². The number of ether oxygens (including phenoxy) is 3. The van der Waals surface area contributed by atoms with Crippen molar-refractivity contribution in [2.75, 3.05) is 24.7 Å². The fourth-order valence-electron chi connectivity index (χ4n) is 5.21. The van der Waals surface area contributed by atoms with E-state index in [0.29, 0.717) is 32.3 Å². The first-order chi connectivity index (χ1) is 18.2.